The number of carbonyl (C=O) groups is 1. The van der Waals surface area contributed by atoms with Crippen LogP contribution in [-0.4, -0.2) is 13.0 Å². The Hall–Kier alpha value is -2.59. The summed E-state index contributed by atoms with van der Waals surface area (Å²) in [4.78, 5) is 13.1. The normalized spacial score (nSPS) is 10.5. The molecule has 0 bridgehead atoms. The molecule has 4 heteroatoms. The molecule has 126 valence electrons. The largest absolute Gasteiger partial charge is 0.495 e. The first-order valence-corrected chi connectivity index (χ1v) is 8.72. The standard InChI is InChI=1S/C21H18BrNO2/c1-25-19-13-12-17(22)14-18(19)23-21(24)20(15-8-4-2-5-9-15)16-10-6-3-7-11-16/h2-14,20H,1H3,(H,23,24). The molecule has 1 amide bonds. The molecule has 1 N–H and O–H groups in total. The molecular weight excluding hydrogens is 378 g/mol. The number of anilines is 1. The fraction of sp³-hybridized carbons (Fsp3) is 0.0952. The molecule has 0 aliphatic rings. The topological polar surface area (TPSA) is 38.3 Å². The molecule has 0 heterocycles. The highest BCUT2D eigenvalue weighted by atomic mass is 79.9. The van der Waals surface area contributed by atoms with Gasteiger partial charge in [-0.05, 0) is 29.3 Å². The number of ether oxygens (including phenoxy) is 1. The van der Waals surface area contributed by atoms with Crippen molar-refractivity contribution in [3.63, 3.8) is 0 Å². The molecular formula is C21H18BrNO2. The summed E-state index contributed by atoms with van der Waals surface area (Å²) in [7, 11) is 1.59. The monoisotopic (exact) mass is 395 g/mol. The molecule has 3 nitrogen and oxygen atoms in total. The van der Waals surface area contributed by atoms with Crippen LogP contribution in [-0.2, 0) is 4.79 Å². The van der Waals surface area contributed by atoms with E-state index in [-0.39, 0.29) is 5.91 Å². The summed E-state index contributed by atoms with van der Waals surface area (Å²) in [5, 5.41) is 3.01. The lowest BCUT2D eigenvalue weighted by Gasteiger charge is -2.19. The SMILES string of the molecule is COc1ccc(Br)cc1NC(=O)C(c1ccccc1)c1ccccc1. The van der Waals surface area contributed by atoms with Crippen LogP contribution in [0.25, 0.3) is 0 Å². The van der Waals surface area contributed by atoms with E-state index >= 15 is 0 Å². The Morgan fingerprint density at radius 1 is 0.920 bits per heavy atom. The van der Waals surface area contributed by atoms with Gasteiger partial charge in [0, 0.05) is 4.47 Å². The van der Waals surface area contributed by atoms with Gasteiger partial charge in [-0.25, -0.2) is 0 Å². The minimum Gasteiger partial charge on any atom is -0.495 e. The van der Waals surface area contributed by atoms with E-state index in [0.29, 0.717) is 11.4 Å². The van der Waals surface area contributed by atoms with Crippen LogP contribution in [0, 0.1) is 0 Å². The fourth-order valence-electron chi connectivity index (χ4n) is 2.77. The zero-order valence-electron chi connectivity index (χ0n) is 13.8. The quantitative estimate of drug-likeness (QED) is 0.642. The lowest BCUT2D eigenvalue weighted by Crippen LogP contribution is -2.22. The number of hydrogen-bond donors (Lipinski definition) is 1. The van der Waals surface area contributed by atoms with Gasteiger partial charge >= 0.3 is 0 Å². The highest BCUT2D eigenvalue weighted by Gasteiger charge is 2.23. The van der Waals surface area contributed by atoms with E-state index in [2.05, 4.69) is 21.2 Å². The second-order valence-electron chi connectivity index (χ2n) is 5.59. The number of methoxy groups -OCH3 is 1. The van der Waals surface area contributed by atoms with Gasteiger partial charge in [0.15, 0.2) is 0 Å². The van der Waals surface area contributed by atoms with Gasteiger partial charge in [0.25, 0.3) is 0 Å². The second-order valence-corrected chi connectivity index (χ2v) is 6.50. The van der Waals surface area contributed by atoms with Crippen LogP contribution in [0.15, 0.2) is 83.3 Å². The Kier molecular flexibility index (Phi) is 5.51. The minimum absolute atomic E-state index is 0.103. The van der Waals surface area contributed by atoms with Gasteiger partial charge in [0.2, 0.25) is 5.91 Å². The molecule has 3 rings (SSSR count). The first-order chi connectivity index (χ1) is 12.2. The van der Waals surface area contributed by atoms with Crippen molar-refractivity contribution in [3.05, 3.63) is 94.5 Å². The van der Waals surface area contributed by atoms with Crippen molar-refractivity contribution in [2.24, 2.45) is 0 Å². The number of rotatable bonds is 5. The number of hydrogen-bond acceptors (Lipinski definition) is 2. The zero-order chi connectivity index (χ0) is 17.6. The summed E-state index contributed by atoms with van der Waals surface area (Å²) in [5.41, 5.74) is 2.53. The Balaban J connectivity index is 1.97. The fourth-order valence-corrected chi connectivity index (χ4v) is 3.13. The molecule has 0 saturated carbocycles. The predicted octanol–water partition coefficient (Wildman–Crippen LogP) is 5.23. The average molecular weight is 396 g/mol. The molecule has 3 aromatic rings. The third kappa shape index (κ3) is 4.09. The van der Waals surface area contributed by atoms with E-state index in [0.717, 1.165) is 15.6 Å². The van der Waals surface area contributed by atoms with E-state index in [9.17, 15) is 4.79 Å². The summed E-state index contributed by atoms with van der Waals surface area (Å²) < 4.78 is 6.23. The second kappa shape index (κ2) is 7.99. The van der Waals surface area contributed by atoms with Crippen LogP contribution in [0.2, 0.25) is 0 Å². The van der Waals surface area contributed by atoms with Crippen LogP contribution in [0.3, 0.4) is 0 Å². The summed E-state index contributed by atoms with van der Waals surface area (Å²) in [6, 6.07) is 25.1. The molecule has 0 aliphatic carbocycles. The van der Waals surface area contributed by atoms with Gasteiger partial charge < -0.3 is 10.1 Å². The summed E-state index contributed by atoms with van der Waals surface area (Å²) in [6.07, 6.45) is 0. The van der Waals surface area contributed by atoms with Crippen molar-refractivity contribution in [3.8, 4) is 5.75 Å². The van der Waals surface area contributed by atoms with Crippen molar-refractivity contribution in [1.82, 2.24) is 0 Å². The maximum atomic E-state index is 13.1. The molecule has 0 unspecified atom stereocenters. The van der Waals surface area contributed by atoms with Crippen LogP contribution < -0.4 is 10.1 Å². The van der Waals surface area contributed by atoms with Crippen molar-refractivity contribution in [2.75, 3.05) is 12.4 Å². The molecule has 0 spiro atoms. The van der Waals surface area contributed by atoms with Crippen LogP contribution in [0.4, 0.5) is 5.69 Å². The van der Waals surface area contributed by atoms with Crippen LogP contribution >= 0.6 is 15.9 Å². The Labute approximate surface area is 155 Å². The summed E-state index contributed by atoms with van der Waals surface area (Å²) >= 11 is 3.44. The van der Waals surface area contributed by atoms with E-state index in [1.807, 2.05) is 78.9 Å². The van der Waals surface area contributed by atoms with Crippen molar-refractivity contribution >= 4 is 27.5 Å². The Morgan fingerprint density at radius 2 is 1.48 bits per heavy atom. The van der Waals surface area contributed by atoms with E-state index in [4.69, 9.17) is 4.74 Å². The van der Waals surface area contributed by atoms with Gasteiger partial charge in [-0.1, -0.05) is 76.6 Å². The maximum Gasteiger partial charge on any atom is 0.236 e. The maximum absolute atomic E-state index is 13.1. The van der Waals surface area contributed by atoms with Gasteiger partial charge in [-0.2, -0.15) is 0 Å². The first-order valence-electron chi connectivity index (χ1n) is 7.93. The van der Waals surface area contributed by atoms with Gasteiger partial charge in [0.1, 0.15) is 5.75 Å². The minimum atomic E-state index is -0.397. The number of benzene rings is 3. The number of carbonyl (C=O) groups excluding carboxylic acids is 1. The van der Waals surface area contributed by atoms with Crippen LogP contribution in [0.1, 0.15) is 17.0 Å². The smallest absolute Gasteiger partial charge is 0.236 e. The van der Waals surface area contributed by atoms with Gasteiger partial charge in [-0.15, -0.1) is 0 Å². The van der Waals surface area contributed by atoms with E-state index in [1.54, 1.807) is 7.11 Å². The molecule has 0 aliphatic heterocycles. The Bertz CT molecular complexity index is 811. The number of amides is 1. The first kappa shape index (κ1) is 17.2. The Morgan fingerprint density at radius 3 is 2.00 bits per heavy atom. The molecule has 0 fully saturated rings. The third-order valence-electron chi connectivity index (χ3n) is 3.95. The molecule has 25 heavy (non-hydrogen) atoms. The highest BCUT2D eigenvalue weighted by Crippen LogP contribution is 2.31. The summed E-state index contributed by atoms with van der Waals surface area (Å²) in [5.74, 6) is 0.122. The zero-order valence-corrected chi connectivity index (χ0v) is 15.4. The predicted molar refractivity (Wildman–Crippen MR) is 104 cm³/mol. The molecule has 0 saturated heterocycles. The van der Waals surface area contributed by atoms with Gasteiger partial charge in [0.05, 0.1) is 18.7 Å². The van der Waals surface area contributed by atoms with Crippen molar-refractivity contribution < 1.29 is 9.53 Å². The lowest BCUT2D eigenvalue weighted by molar-refractivity contribution is -0.116. The number of halogens is 1. The van der Waals surface area contributed by atoms with Crippen molar-refractivity contribution in [2.45, 2.75) is 5.92 Å². The molecule has 0 radical (unpaired) electrons. The molecule has 0 aromatic heterocycles. The average Bonchev–Trinajstić information content (AvgIpc) is 2.64. The highest BCUT2D eigenvalue weighted by molar-refractivity contribution is 9.10. The number of nitrogens with one attached hydrogen (secondary N) is 1. The molecule has 0 atom stereocenters. The van der Waals surface area contributed by atoms with Crippen molar-refractivity contribution in [1.29, 1.82) is 0 Å². The molecule has 3 aromatic carbocycles. The summed E-state index contributed by atoms with van der Waals surface area (Å²) in [6.45, 7) is 0. The van der Waals surface area contributed by atoms with Gasteiger partial charge in [-0.3, -0.25) is 4.79 Å². The van der Waals surface area contributed by atoms with Crippen LogP contribution in [0.5, 0.6) is 5.75 Å². The third-order valence-corrected chi connectivity index (χ3v) is 4.44. The van der Waals surface area contributed by atoms with E-state index in [1.165, 1.54) is 0 Å². The lowest BCUT2D eigenvalue weighted by atomic mass is 9.90. The van der Waals surface area contributed by atoms with E-state index < -0.39 is 5.92 Å².